The second kappa shape index (κ2) is 4.72. The van der Waals surface area contributed by atoms with Crippen molar-refractivity contribution in [2.45, 2.75) is 32.7 Å². The van der Waals surface area contributed by atoms with E-state index in [4.69, 9.17) is 5.73 Å². The van der Waals surface area contributed by atoms with Crippen LogP contribution in [-0.4, -0.2) is 21.9 Å². The minimum Gasteiger partial charge on any atom is -0.368 e. The van der Waals surface area contributed by atoms with E-state index >= 15 is 0 Å². The van der Waals surface area contributed by atoms with Crippen LogP contribution in [0.4, 0.5) is 5.82 Å². The number of rotatable bonds is 4. The molecule has 0 saturated heterocycles. The molecule has 0 aliphatic carbocycles. The van der Waals surface area contributed by atoms with Gasteiger partial charge in [-0.3, -0.25) is 4.79 Å². The van der Waals surface area contributed by atoms with E-state index in [1.165, 1.54) is 0 Å². The molecular formula is C10H16N4O. The Balaban J connectivity index is 2.78. The summed E-state index contributed by atoms with van der Waals surface area (Å²) in [6, 6.07) is 1.28. The Morgan fingerprint density at radius 3 is 2.67 bits per heavy atom. The van der Waals surface area contributed by atoms with Crippen LogP contribution in [0.2, 0.25) is 0 Å². The highest BCUT2D eigenvalue weighted by molar-refractivity contribution is 5.82. The van der Waals surface area contributed by atoms with Gasteiger partial charge in [0.1, 0.15) is 17.7 Å². The molecule has 0 aromatic carbocycles. The van der Waals surface area contributed by atoms with Gasteiger partial charge in [-0.25, -0.2) is 9.97 Å². The molecule has 0 bridgehead atoms. The van der Waals surface area contributed by atoms with Crippen molar-refractivity contribution in [1.82, 2.24) is 9.97 Å². The van der Waals surface area contributed by atoms with E-state index in [2.05, 4.69) is 15.3 Å². The summed E-state index contributed by atoms with van der Waals surface area (Å²) >= 11 is 0. The van der Waals surface area contributed by atoms with Gasteiger partial charge >= 0.3 is 0 Å². The van der Waals surface area contributed by atoms with Crippen LogP contribution in [0.25, 0.3) is 0 Å². The molecular weight excluding hydrogens is 192 g/mol. The minimum absolute atomic E-state index is 0.260. The monoisotopic (exact) mass is 208 g/mol. The summed E-state index contributed by atoms with van der Waals surface area (Å²) in [6.45, 7) is 5.72. The van der Waals surface area contributed by atoms with E-state index in [1.807, 2.05) is 13.8 Å². The lowest BCUT2D eigenvalue weighted by molar-refractivity contribution is -0.118. The maximum atomic E-state index is 10.8. The fourth-order valence-corrected chi connectivity index (χ4v) is 1.03. The molecule has 0 radical (unpaired) electrons. The van der Waals surface area contributed by atoms with Crippen LogP contribution >= 0.6 is 0 Å². The van der Waals surface area contributed by atoms with Crippen molar-refractivity contribution in [3.8, 4) is 0 Å². The van der Waals surface area contributed by atoms with E-state index in [0.717, 1.165) is 5.82 Å². The Bertz CT molecular complexity index is 351. The fraction of sp³-hybridized carbons (Fsp3) is 0.500. The molecule has 0 saturated carbocycles. The summed E-state index contributed by atoms with van der Waals surface area (Å²) < 4.78 is 0. The smallest absolute Gasteiger partial charge is 0.239 e. The van der Waals surface area contributed by atoms with E-state index in [9.17, 15) is 4.79 Å². The van der Waals surface area contributed by atoms with Crippen molar-refractivity contribution >= 4 is 11.7 Å². The molecule has 1 aromatic rings. The molecule has 1 aromatic heterocycles. The van der Waals surface area contributed by atoms with Crippen LogP contribution in [-0.2, 0) is 4.79 Å². The van der Waals surface area contributed by atoms with Crippen molar-refractivity contribution in [2.24, 2.45) is 5.73 Å². The second-order valence-corrected chi connectivity index (χ2v) is 3.72. The predicted molar refractivity (Wildman–Crippen MR) is 58.4 cm³/mol. The lowest BCUT2D eigenvalue weighted by Gasteiger charge is -2.11. The predicted octanol–water partition coefficient (Wildman–Crippen LogP) is 0.886. The number of primary amides is 1. The Morgan fingerprint density at radius 1 is 1.47 bits per heavy atom. The molecule has 1 rings (SSSR count). The lowest BCUT2D eigenvalue weighted by atomic mass is 10.2. The zero-order valence-corrected chi connectivity index (χ0v) is 9.19. The molecule has 0 aliphatic heterocycles. The summed E-state index contributed by atoms with van der Waals surface area (Å²) in [4.78, 5) is 19.2. The number of amides is 1. The van der Waals surface area contributed by atoms with Gasteiger partial charge in [-0.15, -0.1) is 0 Å². The number of anilines is 1. The first kappa shape index (κ1) is 11.4. The highest BCUT2D eigenvalue weighted by atomic mass is 16.1. The first-order valence-electron chi connectivity index (χ1n) is 4.89. The van der Waals surface area contributed by atoms with Crippen LogP contribution in [0, 0.1) is 0 Å². The molecule has 1 amide bonds. The number of aromatic nitrogens is 2. The van der Waals surface area contributed by atoms with Crippen LogP contribution in [0.15, 0.2) is 12.3 Å². The van der Waals surface area contributed by atoms with E-state index in [0.29, 0.717) is 5.82 Å². The van der Waals surface area contributed by atoms with Gasteiger partial charge in [0.05, 0.1) is 0 Å². The number of nitrogens with one attached hydrogen (secondary N) is 1. The number of hydrogen-bond acceptors (Lipinski definition) is 4. The highest BCUT2D eigenvalue weighted by Gasteiger charge is 2.09. The minimum atomic E-state index is -0.431. The average Bonchev–Trinajstić information content (AvgIpc) is 2.18. The van der Waals surface area contributed by atoms with Crippen molar-refractivity contribution in [1.29, 1.82) is 0 Å². The number of hydrogen-bond donors (Lipinski definition) is 2. The molecule has 1 atom stereocenters. The van der Waals surface area contributed by atoms with E-state index in [1.54, 1.807) is 19.2 Å². The van der Waals surface area contributed by atoms with Gasteiger partial charge in [0.2, 0.25) is 5.91 Å². The molecule has 1 unspecified atom stereocenters. The first-order chi connectivity index (χ1) is 7.00. The van der Waals surface area contributed by atoms with Crippen LogP contribution in [0.1, 0.15) is 32.5 Å². The molecule has 1 heterocycles. The van der Waals surface area contributed by atoms with E-state index < -0.39 is 11.9 Å². The van der Waals surface area contributed by atoms with Gasteiger partial charge in [0.15, 0.2) is 0 Å². The van der Waals surface area contributed by atoms with Crippen molar-refractivity contribution < 1.29 is 4.79 Å². The third kappa shape index (κ3) is 3.19. The summed E-state index contributed by atoms with van der Waals surface area (Å²) in [6.07, 6.45) is 1.67. The lowest BCUT2D eigenvalue weighted by Crippen LogP contribution is -2.32. The number of carbonyl (C=O) groups is 1. The van der Waals surface area contributed by atoms with Gasteiger partial charge in [0, 0.05) is 12.1 Å². The molecule has 82 valence electrons. The molecule has 5 nitrogen and oxygen atoms in total. The Kier molecular flexibility index (Phi) is 3.60. The Labute approximate surface area is 89.1 Å². The van der Waals surface area contributed by atoms with Gasteiger partial charge in [-0.1, -0.05) is 13.8 Å². The van der Waals surface area contributed by atoms with Crippen LogP contribution < -0.4 is 11.1 Å². The van der Waals surface area contributed by atoms with Crippen molar-refractivity contribution in [3.05, 3.63) is 18.1 Å². The van der Waals surface area contributed by atoms with Crippen LogP contribution in [0.5, 0.6) is 0 Å². The second-order valence-electron chi connectivity index (χ2n) is 3.72. The van der Waals surface area contributed by atoms with Gasteiger partial charge in [-0.05, 0) is 13.0 Å². The SMILES string of the molecule is CC(Nc1ccnc(C(C)C)n1)C(N)=O. The molecule has 0 fully saturated rings. The number of nitrogens with two attached hydrogens (primary N) is 1. The maximum absolute atomic E-state index is 10.8. The first-order valence-corrected chi connectivity index (χ1v) is 4.89. The van der Waals surface area contributed by atoms with E-state index in [-0.39, 0.29) is 5.92 Å². The highest BCUT2D eigenvalue weighted by Crippen LogP contribution is 2.11. The molecule has 15 heavy (non-hydrogen) atoms. The zero-order valence-electron chi connectivity index (χ0n) is 9.19. The van der Waals surface area contributed by atoms with Gasteiger partial charge in [-0.2, -0.15) is 0 Å². The molecule has 3 N–H and O–H groups in total. The van der Waals surface area contributed by atoms with Gasteiger partial charge < -0.3 is 11.1 Å². The van der Waals surface area contributed by atoms with Crippen LogP contribution in [0.3, 0.4) is 0 Å². The van der Waals surface area contributed by atoms with Crippen molar-refractivity contribution in [2.75, 3.05) is 5.32 Å². The topological polar surface area (TPSA) is 80.9 Å². The summed E-state index contributed by atoms with van der Waals surface area (Å²) in [7, 11) is 0. The maximum Gasteiger partial charge on any atom is 0.239 e. The summed E-state index contributed by atoms with van der Waals surface area (Å²) in [5, 5.41) is 2.91. The normalized spacial score (nSPS) is 12.5. The molecule has 0 spiro atoms. The third-order valence-electron chi connectivity index (χ3n) is 1.98. The average molecular weight is 208 g/mol. The van der Waals surface area contributed by atoms with Crippen molar-refractivity contribution in [3.63, 3.8) is 0 Å². The Morgan fingerprint density at radius 2 is 2.13 bits per heavy atom. The summed E-state index contributed by atoms with van der Waals surface area (Å²) in [5.41, 5.74) is 5.14. The third-order valence-corrected chi connectivity index (χ3v) is 1.98. The molecule has 5 heteroatoms. The fourth-order valence-electron chi connectivity index (χ4n) is 1.03. The van der Waals surface area contributed by atoms with Gasteiger partial charge in [0.25, 0.3) is 0 Å². The number of carbonyl (C=O) groups excluding carboxylic acids is 1. The molecule has 0 aliphatic rings. The number of nitrogens with zero attached hydrogens (tertiary/aromatic N) is 2. The standard InChI is InChI=1S/C10H16N4O/c1-6(2)10-12-5-4-8(14-10)13-7(3)9(11)15/h4-7H,1-3H3,(H2,11,15)(H,12,13,14). The summed E-state index contributed by atoms with van der Waals surface area (Å²) in [5.74, 6) is 1.23. The Hall–Kier alpha value is -1.65. The zero-order chi connectivity index (χ0) is 11.4. The quantitative estimate of drug-likeness (QED) is 0.769. The largest absolute Gasteiger partial charge is 0.368 e.